The lowest BCUT2D eigenvalue weighted by Crippen LogP contribution is -2.49. The Morgan fingerprint density at radius 1 is 1.38 bits per heavy atom. The summed E-state index contributed by atoms with van der Waals surface area (Å²) >= 11 is 5.82. The second-order valence-electron chi connectivity index (χ2n) is 5.57. The number of aryl methyl sites for hydroxylation is 1. The van der Waals surface area contributed by atoms with Crippen molar-refractivity contribution < 1.29 is 31.8 Å². The lowest BCUT2D eigenvalue weighted by molar-refractivity contribution is -0.137. The highest BCUT2D eigenvalue weighted by atomic mass is 35.5. The van der Waals surface area contributed by atoms with Crippen LogP contribution in [0.2, 0.25) is 5.02 Å². The molecule has 0 amide bonds. The highest BCUT2D eigenvalue weighted by Gasteiger charge is 2.45. The van der Waals surface area contributed by atoms with E-state index < -0.39 is 56.0 Å². The van der Waals surface area contributed by atoms with E-state index in [1.54, 1.807) is 0 Å². The van der Waals surface area contributed by atoms with Crippen molar-refractivity contribution in [3.63, 3.8) is 0 Å². The molecular weight excluding hydrogens is 382 g/mol. The van der Waals surface area contributed by atoms with E-state index in [1.165, 1.54) is 19.1 Å². The van der Waals surface area contributed by atoms with Gasteiger partial charge in [-0.15, -0.1) is 0 Å². The Balaban J connectivity index is 2.55. The first kappa shape index (κ1) is 19.1. The molecule has 8 nitrogen and oxygen atoms in total. The van der Waals surface area contributed by atoms with Crippen molar-refractivity contribution in [3.05, 3.63) is 28.8 Å². The van der Waals surface area contributed by atoms with Gasteiger partial charge < -0.3 is 10.2 Å². The van der Waals surface area contributed by atoms with Gasteiger partial charge in [-0.25, -0.2) is 16.8 Å². The molecule has 1 fully saturated rings. The summed E-state index contributed by atoms with van der Waals surface area (Å²) in [4.78, 5) is 10.9. The highest BCUT2D eigenvalue weighted by molar-refractivity contribution is 7.92. The Hall–Kier alpha value is -1.20. The van der Waals surface area contributed by atoms with Crippen LogP contribution in [0, 0.1) is 6.92 Å². The normalized spacial score (nSPS) is 23.5. The number of nitrogens with zero attached hydrogens (tertiary/aromatic N) is 1. The van der Waals surface area contributed by atoms with Crippen LogP contribution in [-0.2, 0) is 24.7 Å². The molecule has 0 bridgehead atoms. The van der Waals surface area contributed by atoms with Crippen LogP contribution in [0.4, 0.5) is 0 Å². The number of aliphatic hydroxyl groups excluding tert-OH is 1. The van der Waals surface area contributed by atoms with Crippen molar-refractivity contribution in [1.82, 2.24) is 4.31 Å². The van der Waals surface area contributed by atoms with E-state index in [1.807, 2.05) is 0 Å². The molecule has 1 aliphatic heterocycles. The Kier molecular flexibility index (Phi) is 5.26. The Morgan fingerprint density at radius 3 is 2.50 bits per heavy atom. The van der Waals surface area contributed by atoms with Gasteiger partial charge in [-0.1, -0.05) is 17.7 Å². The maximum absolute atomic E-state index is 12.9. The van der Waals surface area contributed by atoms with E-state index in [4.69, 9.17) is 16.7 Å². The first-order chi connectivity index (χ1) is 10.9. The molecule has 134 valence electrons. The fourth-order valence-corrected chi connectivity index (χ4v) is 6.57. The lowest BCUT2D eigenvalue weighted by Gasteiger charge is -2.28. The molecule has 1 aromatic carbocycles. The molecule has 1 aliphatic rings. The number of benzene rings is 1. The van der Waals surface area contributed by atoms with Crippen molar-refractivity contribution in [2.45, 2.75) is 24.0 Å². The van der Waals surface area contributed by atoms with Crippen molar-refractivity contribution >= 4 is 37.4 Å². The standard InChI is InChI=1S/C13H16ClNO7S2/c1-8-2-3-9(14)4-12(8)24(21,22)15(5-13(17)18)10-6-23(19,20)7-11(10)16/h2-4,10-11,16H,5-7H2,1H3,(H,17,18)/t10-,11-/m0/s1. The minimum atomic E-state index is -4.37. The lowest BCUT2D eigenvalue weighted by atomic mass is 10.2. The third-order valence-electron chi connectivity index (χ3n) is 3.69. The van der Waals surface area contributed by atoms with Crippen LogP contribution in [0.25, 0.3) is 0 Å². The first-order valence-electron chi connectivity index (χ1n) is 6.82. The van der Waals surface area contributed by atoms with Crippen LogP contribution in [0.15, 0.2) is 23.1 Å². The molecule has 0 spiro atoms. The molecule has 24 heavy (non-hydrogen) atoms. The summed E-state index contributed by atoms with van der Waals surface area (Å²) in [6.45, 7) is 0.537. The van der Waals surface area contributed by atoms with E-state index in [9.17, 15) is 26.7 Å². The fraction of sp³-hybridized carbons (Fsp3) is 0.462. The molecule has 0 unspecified atom stereocenters. The van der Waals surface area contributed by atoms with Gasteiger partial charge in [0.15, 0.2) is 9.84 Å². The van der Waals surface area contributed by atoms with Gasteiger partial charge in [-0.2, -0.15) is 4.31 Å². The van der Waals surface area contributed by atoms with Crippen molar-refractivity contribution in [2.24, 2.45) is 0 Å². The van der Waals surface area contributed by atoms with Gasteiger partial charge in [-0.05, 0) is 24.6 Å². The van der Waals surface area contributed by atoms with E-state index in [2.05, 4.69) is 0 Å². The molecule has 1 saturated heterocycles. The molecule has 2 rings (SSSR count). The van der Waals surface area contributed by atoms with Gasteiger partial charge in [0.2, 0.25) is 10.0 Å². The monoisotopic (exact) mass is 397 g/mol. The van der Waals surface area contributed by atoms with Crippen LogP contribution in [-0.4, -0.2) is 67.5 Å². The number of carboxylic acids is 1. The minimum Gasteiger partial charge on any atom is -0.480 e. The highest BCUT2D eigenvalue weighted by Crippen LogP contribution is 2.28. The van der Waals surface area contributed by atoms with E-state index in [-0.39, 0.29) is 9.92 Å². The van der Waals surface area contributed by atoms with Crippen molar-refractivity contribution in [3.8, 4) is 0 Å². The van der Waals surface area contributed by atoms with Gasteiger partial charge in [-0.3, -0.25) is 4.79 Å². The molecule has 0 aromatic heterocycles. The largest absolute Gasteiger partial charge is 0.480 e. The zero-order valence-electron chi connectivity index (χ0n) is 12.6. The SMILES string of the molecule is Cc1ccc(Cl)cc1S(=O)(=O)N(CC(=O)O)[C@H]1CS(=O)(=O)C[C@@H]1O. The van der Waals surface area contributed by atoms with Gasteiger partial charge >= 0.3 is 5.97 Å². The van der Waals surface area contributed by atoms with E-state index in [0.717, 1.165) is 6.07 Å². The molecule has 11 heteroatoms. The number of hydrogen-bond acceptors (Lipinski definition) is 6. The zero-order valence-corrected chi connectivity index (χ0v) is 15.0. The topological polar surface area (TPSA) is 129 Å². The van der Waals surface area contributed by atoms with Crippen LogP contribution in [0.3, 0.4) is 0 Å². The Labute approximate surface area is 144 Å². The molecule has 0 radical (unpaired) electrons. The van der Waals surface area contributed by atoms with Gasteiger partial charge in [0, 0.05) is 5.02 Å². The van der Waals surface area contributed by atoms with E-state index >= 15 is 0 Å². The van der Waals surface area contributed by atoms with Crippen LogP contribution >= 0.6 is 11.6 Å². The number of carboxylic acid groups (broad SMARTS) is 1. The molecule has 2 atom stereocenters. The summed E-state index contributed by atoms with van der Waals surface area (Å²) in [5.41, 5.74) is 0.324. The Bertz CT molecular complexity index is 866. The number of carbonyl (C=O) groups is 1. The molecule has 2 N–H and O–H groups in total. The number of sulfone groups is 1. The minimum absolute atomic E-state index is 0.133. The summed E-state index contributed by atoms with van der Waals surface area (Å²) in [6.07, 6.45) is -1.50. The van der Waals surface area contributed by atoms with Crippen LogP contribution < -0.4 is 0 Å². The van der Waals surface area contributed by atoms with Gasteiger partial charge in [0.05, 0.1) is 28.5 Å². The zero-order chi connectivity index (χ0) is 18.3. The van der Waals surface area contributed by atoms with Crippen LogP contribution in [0.5, 0.6) is 0 Å². The summed E-state index contributed by atoms with van der Waals surface area (Å²) < 4.78 is 49.6. The predicted molar refractivity (Wildman–Crippen MR) is 86.2 cm³/mol. The number of hydrogen-bond donors (Lipinski definition) is 2. The van der Waals surface area contributed by atoms with Crippen molar-refractivity contribution in [2.75, 3.05) is 18.1 Å². The summed E-state index contributed by atoms with van der Waals surface area (Å²) in [5, 5.41) is 19.1. The molecule has 1 heterocycles. The quantitative estimate of drug-likeness (QED) is 0.708. The van der Waals surface area contributed by atoms with E-state index in [0.29, 0.717) is 9.87 Å². The average molecular weight is 398 g/mol. The second-order valence-corrected chi connectivity index (χ2v) is 10.0. The number of sulfonamides is 1. The van der Waals surface area contributed by atoms with Gasteiger partial charge in [0.1, 0.15) is 6.54 Å². The summed E-state index contributed by atoms with van der Waals surface area (Å²) in [7, 11) is -8.03. The molecular formula is C13H16ClNO7S2. The van der Waals surface area contributed by atoms with Crippen molar-refractivity contribution in [1.29, 1.82) is 0 Å². The number of rotatable bonds is 5. The van der Waals surface area contributed by atoms with Gasteiger partial charge in [0.25, 0.3) is 0 Å². The first-order valence-corrected chi connectivity index (χ1v) is 10.5. The number of halogens is 1. The summed E-state index contributed by atoms with van der Waals surface area (Å²) in [5.74, 6) is -2.72. The number of aliphatic carboxylic acids is 1. The fourth-order valence-electron chi connectivity index (χ4n) is 2.58. The maximum Gasteiger partial charge on any atom is 0.318 e. The predicted octanol–water partition coefficient (Wildman–Crippen LogP) is -0.118. The third-order valence-corrected chi connectivity index (χ3v) is 7.64. The molecule has 1 aromatic rings. The summed E-state index contributed by atoms with van der Waals surface area (Å²) in [6, 6.07) is 2.73. The average Bonchev–Trinajstić information content (AvgIpc) is 2.71. The second kappa shape index (κ2) is 6.60. The maximum atomic E-state index is 12.9. The smallest absolute Gasteiger partial charge is 0.318 e. The Morgan fingerprint density at radius 2 is 2.00 bits per heavy atom. The van der Waals surface area contributed by atoms with Crippen LogP contribution in [0.1, 0.15) is 5.56 Å². The molecule has 0 saturated carbocycles. The molecule has 0 aliphatic carbocycles. The third kappa shape index (κ3) is 3.89. The number of aliphatic hydroxyl groups is 1.